The lowest BCUT2D eigenvalue weighted by atomic mass is 10.3. The van der Waals surface area contributed by atoms with Crippen LogP contribution in [0.3, 0.4) is 0 Å². The van der Waals surface area contributed by atoms with Crippen molar-refractivity contribution in [3.05, 3.63) is 29.8 Å². The Morgan fingerprint density at radius 1 is 1.44 bits per heavy atom. The highest BCUT2D eigenvalue weighted by atomic mass is 32.2. The van der Waals surface area contributed by atoms with Gasteiger partial charge in [-0.25, -0.2) is 17.2 Å². The number of benzene rings is 1. The van der Waals surface area contributed by atoms with E-state index >= 15 is 0 Å². The molecule has 1 aromatic carbocycles. The molecule has 0 radical (unpaired) electrons. The Balaban J connectivity index is 3.09. The van der Waals surface area contributed by atoms with E-state index in [1.165, 1.54) is 0 Å². The van der Waals surface area contributed by atoms with E-state index in [0.29, 0.717) is 12.1 Å². The van der Waals surface area contributed by atoms with Gasteiger partial charge in [-0.2, -0.15) is 4.31 Å². The minimum atomic E-state index is -4.03. The lowest BCUT2D eigenvalue weighted by Crippen LogP contribution is -2.35. The van der Waals surface area contributed by atoms with Gasteiger partial charge in [0.15, 0.2) is 17.5 Å². The van der Waals surface area contributed by atoms with Crippen molar-refractivity contribution in [2.24, 2.45) is 10.9 Å². The van der Waals surface area contributed by atoms with Crippen LogP contribution in [0.4, 0.5) is 8.78 Å². The van der Waals surface area contributed by atoms with E-state index in [1.54, 1.807) is 0 Å². The van der Waals surface area contributed by atoms with Crippen LogP contribution in [-0.4, -0.2) is 37.4 Å². The Bertz CT molecular complexity index is 574. The summed E-state index contributed by atoms with van der Waals surface area (Å²) in [6, 6.07) is 2.20. The van der Waals surface area contributed by atoms with Gasteiger partial charge >= 0.3 is 0 Å². The third-order valence-electron chi connectivity index (χ3n) is 2.11. The van der Waals surface area contributed by atoms with E-state index in [-0.39, 0.29) is 12.4 Å². The molecule has 9 heteroatoms. The molecule has 6 nitrogen and oxygen atoms in total. The predicted molar refractivity (Wildman–Crippen MR) is 59.6 cm³/mol. The van der Waals surface area contributed by atoms with Crippen LogP contribution in [0.1, 0.15) is 0 Å². The fourth-order valence-electron chi connectivity index (χ4n) is 1.16. The number of rotatable bonds is 4. The van der Waals surface area contributed by atoms with Crippen LogP contribution in [-0.2, 0) is 10.0 Å². The zero-order valence-corrected chi connectivity index (χ0v) is 10.2. The fourth-order valence-corrected chi connectivity index (χ4v) is 2.32. The summed E-state index contributed by atoms with van der Waals surface area (Å²) < 4.78 is 50.2. The second kappa shape index (κ2) is 5.27. The normalized spacial score (nSPS) is 13.0. The first-order chi connectivity index (χ1) is 8.28. The fraction of sp³-hybridized carbons (Fsp3) is 0.222. The second-order valence-electron chi connectivity index (χ2n) is 3.43. The second-order valence-corrected chi connectivity index (χ2v) is 5.47. The number of sulfonamides is 1. The van der Waals surface area contributed by atoms with Crippen molar-refractivity contribution in [1.29, 1.82) is 0 Å². The molecule has 0 aliphatic carbocycles. The molecule has 100 valence electrons. The molecule has 0 aliphatic heterocycles. The molecule has 0 spiro atoms. The highest BCUT2D eigenvalue weighted by Crippen LogP contribution is 2.17. The Labute approximate surface area is 102 Å². The third kappa shape index (κ3) is 2.93. The topological polar surface area (TPSA) is 96.0 Å². The van der Waals surface area contributed by atoms with Gasteiger partial charge in [-0.3, -0.25) is 0 Å². The van der Waals surface area contributed by atoms with E-state index in [9.17, 15) is 17.2 Å². The summed E-state index contributed by atoms with van der Waals surface area (Å²) in [5.41, 5.74) is 5.16. The molecule has 3 N–H and O–H groups in total. The molecule has 0 atom stereocenters. The first-order valence-corrected chi connectivity index (χ1v) is 6.11. The molecule has 0 aromatic heterocycles. The summed E-state index contributed by atoms with van der Waals surface area (Å²) in [4.78, 5) is -0.422. The smallest absolute Gasteiger partial charge is 0.243 e. The van der Waals surface area contributed by atoms with Gasteiger partial charge in [0.05, 0.1) is 11.4 Å². The van der Waals surface area contributed by atoms with Gasteiger partial charge in [-0.15, -0.1) is 0 Å². The zero-order chi connectivity index (χ0) is 13.9. The van der Waals surface area contributed by atoms with Crippen LogP contribution in [0, 0.1) is 11.6 Å². The first-order valence-electron chi connectivity index (χ1n) is 4.67. The summed E-state index contributed by atoms with van der Waals surface area (Å²) in [6.07, 6.45) is 0. The van der Waals surface area contributed by atoms with Gasteiger partial charge in [-0.1, -0.05) is 5.16 Å². The van der Waals surface area contributed by atoms with Crippen molar-refractivity contribution in [3.8, 4) is 0 Å². The highest BCUT2D eigenvalue weighted by molar-refractivity contribution is 7.89. The van der Waals surface area contributed by atoms with Crippen molar-refractivity contribution in [1.82, 2.24) is 4.31 Å². The summed E-state index contributed by atoms with van der Waals surface area (Å²) in [6.45, 7) is -0.377. The number of hydrogen-bond acceptors (Lipinski definition) is 4. The van der Waals surface area contributed by atoms with Gasteiger partial charge < -0.3 is 10.9 Å². The summed E-state index contributed by atoms with van der Waals surface area (Å²) in [5.74, 6) is -2.75. The summed E-state index contributed by atoms with van der Waals surface area (Å²) in [5, 5.41) is 11.0. The molecule has 0 unspecified atom stereocenters. The Kier molecular flexibility index (Phi) is 4.19. The van der Waals surface area contributed by atoms with Crippen molar-refractivity contribution >= 4 is 15.9 Å². The Morgan fingerprint density at radius 3 is 2.56 bits per heavy atom. The van der Waals surface area contributed by atoms with Crippen LogP contribution in [0.5, 0.6) is 0 Å². The Morgan fingerprint density at radius 2 is 2.06 bits per heavy atom. The van der Waals surface area contributed by atoms with Crippen LogP contribution in [0.15, 0.2) is 28.3 Å². The molecular formula is C9H11F2N3O3S. The average molecular weight is 279 g/mol. The van der Waals surface area contributed by atoms with E-state index < -0.39 is 26.6 Å². The van der Waals surface area contributed by atoms with Gasteiger partial charge in [0.1, 0.15) is 0 Å². The standard InChI is InChI=1S/C9H11F2N3O3S/c1-14(5-9(12)13-15)18(16,17)6-2-3-7(10)8(11)4-6/h2-4,15H,5H2,1H3,(H2,12,13). The monoisotopic (exact) mass is 279 g/mol. The van der Waals surface area contributed by atoms with Crippen LogP contribution >= 0.6 is 0 Å². The molecule has 0 fully saturated rings. The van der Waals surface area contributed by atoms with E-state index in [1.807, 2.05) is 0 Å². The highest BCUT2D eigenvalue weighted by Gasteiger charge is 2.22. The number of nitrogens with two attached hydrogens (primary N) is 1. The maximum Gasteiger partial charge on any atom is 0.243 e. The molecule has 0 heterocycles. The van der Waals surface area contributed by atoms with E-state index in [2.05, 4.69) is 5.16 Å². The molecule has 0 saturated carbocycles. The van der Waals surface area contributed by atoms with Crippen molar-refractivity contribution < 1.29 is 22.4 Å². The quantitative estimate of drug-likeness (QED) is 0.359. The number of halogens is 2. The summed E-state index contributed by atoms with van der Waals surface area (Å²) >= 11 is 0. The SMILES string of the molecule is CN(CC(N)=NO)S(=O)(=O)c1ccc(F)c(F)c1. The largest absolute Gasteiger partial charge is 0.409 e. The Hall–Kier alpha value is -1.74. The number of oxime groups is 1. The van der Waals surface area contributed by atoms with Crippen molar-refractivity contribution in [2.45, 2.75) is 4.90 Å². The molecule has 1 rings (SSSR count). The van der Waals surface area contributed by atoms with Gasteiger partial charge in [0, 0.05) is 7.05 Å². The molecule has 1 aromatic rings. The van der Waals surface area contributed by atoms with Crippen molar-refractivity contribution in [3.63, 3.8) is 0 Å². The number of likely N-dealkylation sites (N-methyl/N-ethyl adjacent to an activating group) is 1. The lowest BCUT2D eigenvalue weighted by molar-refractivity contribution is 0.315. The molecule has 0 saturated heterocycles. The maximum absolute atomic E-state index is 13.0. The van der Waals surface area contributed by atoms with Crippen molar-refractivity contribution in [2.75, 3.05) is 13.6 Å². The number of amidine groups is 1. The summed E-state index contributed by atoms with van der Waals surface area (Å²) in [7, 11) is -2.87. The number of hydrogen-bond donors (Lipinski definition) is 2. The maximum atomic E-state index is 13.0. The van der Waals surface area contributed by atoms with Crippen LogP contribution < -0.4 is 5.73 Å². The van der Waals surface area contributed by atoms with Gasteiger partial charge in [0.2, 0.25) is 10.0 Å². The van der Waals surface area contributed by atoms with Crippen LogP contribution in [0.2, 0.25) is 0 Å². The third-order valence-corrected chi connectivity index (χ3v) is 3.91. The lowest BCUT2D eigenvalue weighted by Gasteiger charge is -2.16. The first kappa shape index (κ1) is 14.3. The molecule has 0 amide bonds. The molecular weight excluding hydrogens is 268 g/mol. The van der Waals surface area contributed by atoms with Crippen LogP contribution in [0.25, 0.3) is 0 Å². The molecule has 0 bridgehead atoms. The average Bonchev–Trinajstić information content (AvgIpc) is 2.32. The zero-order valence-electron chi connectivity index (χ0n) is 9.34. The van der Waals surface area contributed by atoms with Gasteiger partial charge in [-0.05, 0) is 18.2 Å². The molecule has 0 aliphatic rings. The predicted octanol–water partition coefficient (Wildman–Crippen LogP) is 0.332. The van der Waals surface area contributed by atoms with E-state index in [0.717, 1.165) is 17.4 Å². The molecule has 18 heavy (non-hydrogen) atoms. The van der Waals surface area contributed by atoms with Gasteiger partial charge in [0.25, 0.3) is 0 Å². The minimum absolute atomic E-state index is 0.330. The number of nitrogens with zero attached hydrogens (tertiary/aromatic N) is 2. The van der Waals surface area contributed by atoms with E-state index in [4.69, 9.17) is 10.9 Å². The minimum Gasteiger partial charge on any atom is -0.409 e.